The Labute approximate surface area is 145 Å². The summed E-state index contributed by atoms with van der Waals surface area (Å²) >= 11 is 0. The normalized spacial score (nSPS) is 16.0. The van der Waals surface area contributed by atoms with Gasteiger partial charge in [-0.05, 0) is 73.2 Å². The van der Waals surface area contributed by atoms with E-state index in [1.165, 1.54) is 27.8 Å². The molecular weight excluding hydrogens is 298 g/mol. The average molecular weight is 327 g/mol. The fourth-order valence-corrected chi connectivity index (χ4v) is 3.54. The minimum atomic E-state index is 0.302. The van der Waals surface area contributed by atoms with Gasteiger partial charge in [0.2, 0.25) is 0 Å². The minimum absolute atomic E-state index is 0.302. The predicted octanol–water partition coefficient (Wildman–Crippen LogP) is 4.47. The Morgan fingerprint density at radius 1 is 1.12 bits per heavy atom. The molecule has 0 aliphatic carbocycles. The Balaban J connectivity index is 0.00000100. The quantitative estimate of drug-likeness (QED) is 0.874. The number of hydrogen-bond acceptors (Lipinski definition) is 3. The van der Waals surface area contributed by atoms with Crippen molar-refractivity contribution in [3.8, 4) is 11.5 Å². The van der Waals surface area contributed by atoms with Gasteiger partial charge in [-0.1, -0.05) is 32.0 Å². The molecule has 1 heterocycles. The summed E-state index contributed by atoms with van der Waals surface area (Å²) in [5.74, 6) is 1.33. The minimum Gasteiger partial charge on any atom is -0.508 e. The van der Waals surface area contributed by atoms with E-state index in [0.29, 0.717) is 11.8 Å². The molecule has 3 heteroatoms. The molecule has 1 aliphatic heterocycles. The van der Waals surface area contributed by atoms with Crippen molar-refractivity contribution < 1.29 is 9.84 Å². The van der Waals surface area contributed by atoms with Crippen molar-refractivity contribution in [1.82, 2.24) is 5.32 Å². The summed E-state index contributed by atoms with van der Waals surface area (Å²) in [6, 6.07) is 10.4. The van der Waals surface area contributed by atoms with Crippen LogP contribution < -0.4 is 10.1 Å². The third-order valence-electron chi connectivity index (χ3n) is 4.45. The number of fused-ring (bicyclic) bond motifs is 1. The molecule has 0 radical (unpaired) electrons. The third-order valence-corrected chi connectivity index (χ3v) is 4.45. The molecule has 0 amide bonds. The molecule has 2 N–H and O–H groups in total. The van der Waals surface area contributed by atoms with Crippen molar-refractivity contribution >= 4 is 0 Å². The summed E-state index contributed by atoms with van der Waals surface area (Å²) in [5, 5.41) is 13.3. The Morgan fingerprint density at radius 3 is 2.42 bits per heavy atom. The number of rotatable bonds is 3. The van der Waals surface area contributed by atoms with Gasteiger partial charge in [0.05, 0.1) is 7.11 Å². The number of aromatic hydroxyl groups is 1. The van der Waals surface area contributed by atoms with Crippen molar-refractivity contribution in [2.45, 2.75) is 46.6 Å². The zero-order valence-corrected chi connectivity index (χ0v) is 15.4. The summed E-state index contributed by atoms with van der Waals surface area (Å²) in [7, 11) is 1.72. The van der Waals surface area contributed by atoms with Crippen LogP contribution in [-0.4, -0.2) is 18.8 Å². The summed E-state index contributed by atoms with van der Waals surface area (Å²) < 4.78 is 5.45. The summed E-state index contributed by atoms with van der Waals surface area (Å²) in [6.07, 6.45) is 1.92. The molecule has 130 valence electrons. The van der Waals surface area contributed by atoms with E-state index >= 15 is 0 Å². The molecule has 0 bridgehead atoms. The number of phenols is 1. The molecule has 24 heavy (non-hydrogen) atoms. The van der Waals surface area contributed by atoms with Gasteiger partial charge in [0.1, 0.15) is 11.5 Å². The highest BCUT2D eigenvalue weighted by atomic mass is 16.5. The van der Waals surface area contributed by atoms with Gasteiger partial charge >= 0.3 is 0 Å². The molecule has 0 saturated heterocycles. The number of methoxy groups -OCH3 is 1. The van der Waals surface area contributed by atoms with Crippen LogP contribution in [0.2, 0.25) is 0 Å². The molecule has 3 nitrogen and oxygen atoms in total. The van der Waals surface area contributed by atoms with Crippen molar-refractivity contribution in [3.63, 3.8) is 0 Å². The van der Waals surface area contributed by atoms with Crippen LogP contribution in [-0.2, 0) is 12.8 Å². The molecule has 1 aliphatic rings. The lowest BCUT2D eigenvalue weighted by Gasteiger charge is -2.27. The number of benzene rings is 2. The van der Waals surface area contributed by atoms with E-state index in [0.717, 1.165) is 25.1 Å². The lowest BCUT2D eigenvalue weighted by atomic mass is 9.89. The van der Waals surface area contributed by atoms with E-state index in [9.17, 15) is 5.11 Å². The first kappa shape index (κ1) is 18.3. The topological polar surface area (TPSA) is 41.5 Å². The van der Waals surface area contributed by atoms with E-state index < -0.39 is 0 Å². The predicted molar refractivity (Wildman–Crippen MR) is 100 cm³/mol. The van der Waals surface area contributed by atoms with Crippen LogP contribution in [0.5, 0.6) is 11.5 Å². The summed E-state index contributed by atoms with van der Waals surface area (Å²) in [5.41, 5.74) is 6.23. The highest BCUT2D eigenvalue weighted by Crippen LogP contribution is 2.31. The second-order valence-corrected chi connectivity index (χ2v) is 6.11. The van der Waals surface area contributed by atoms with Gasteiger partial charge < -0.3 is 15.2 Å². The van der Waals surface area contributed by atoms with Crippen LogP contribution in [0.3, 0.4) is 0 Å². The number of aryl methyl sites for hydroxylation is 2. The molecule has 2 aromatic carbocycles. The van der Waals surface area contributed by atoms with E-state index in [4.69, 9.17) is 4.74 Å². The highest BCUT2D eigenvalue weighted by molar-refractivity contribution is 5.45. The maximum atomic E-state index is 9.66. The monoisotopic (exact) mass is 327 g/mol. The van der Waals surface area contributed by atoms with Gasteiger partial charge in [0, 0.05) is 6.04 Å². The standard InChI is InChI=1S/C19H23NO2.C2H6/c1-12-8-14(9-13(2)19(12)22-3)10-18-17-5-4-16(21)11-15(17)6-7-20-18;1-2/h4-5,8-9,11,18,20-21H,6-7,10H2,1-3H3;1-2H3. The van der Waals surface area contributed by atoms with Gasteiger partial charge in [0.25, 0.3) is 0 Å². The van der Waals surface area contributed by atoms with Crippen LogP contribution >= 0.6 is 0 Å². The Morgan fingerprint density at radius 2 is 1.79 bits per heavy atom. The van der Waals surface area contributed by atoms with E-state index in [1.807, 2.05) is 26.0 Å². The lowest BCUT2D eigenvalue weighted by Crippen LogP contribution is -2.31. The second-order valence-electron chi connectivity index (χ2n) is 6.11. The fraction of sp³-hybridized carbons (Fsp3) is 0.429. The van der Waals surface area contributed by atoms with E-state index in [2.05, 4.69) is 31.3 Å². The maximum Gasteiger partial charge on any atom is 0.124 e. The molecule has 0 fully saturated rings. The zero-order valence-electron chi connectivity index (χ0n) is 15.4. The first-order valence-corrected chi connectivity index (χ1v) is 8.77. The van der Waals surface area contributed by atoms with Gasteiger partial charge in [-0.25, -0.2) is 0 Å². The number of hydrogen-bond donors (Lipinski definition) is 2. The van der Waals surface area contributed by atoms with Crippen LogP contribution in [0.25, 0.3) is 0 Å². The molecule has 2 aromatic rings. The number of ether oxygens (including phenoxy) is 1. The molecule has 0 saturated carbocycles. The lowest BCUT2D eigenvalue weighted by molar-refractivity contribution is 0.408. The molecule has 1 atom stereocenters. The molecule has 1 unspecified atom stereocenters. The average Bonchev–Trinajstić information content (AvgIpc) is 2.56. The van der Waals surface area contributed by atoms with Crippen LogP contribution in [0, 0.1) is 13.8 Å². The first-order valence-electron chi connectivity index (χ1n) is 8.77. The molecule has 3 rings (SSSR count). The van der Waals surface area contributed by atoms with Crippen LogP contribution in [0.1, 0.15) is 47.7 Å². The Kier molecular flexibility index (Phi) is 6.27. The van der Waals surface area contributed by atoms with Crippen molar-refractivity contribution in [2.75, 3.05) is 13.7 Å². The summed E-state index contributed by atoms with van der Waals surface area (Å²) in [4.78, 5) is 0. The second kappa shape index (κ2) is 8.20. The number of nitrogens with one attached hydrogen (secondary N) is 1. The van der Waals surface area contributed by atoms with Crippen molar-refractivity contribution in [2.24, 2.45) is 0 Å². The highest BCUT2D eigenvalue weighted by Gasteiger charge is 2.20. The zero-order chi connectivity index (χ0) is 17.7. The fourth-order valence-electron chi connectivity index (χ4n) is 3.54. The third kappa shape index (κ3) is 3.90. The Bertz CT molecular complexity index is 671. The van der Waals surface area contributed by atoms with E-state index in [-0.39, 0.29) is 0 Å². The van der Waals surface area contributed by atoms with E-state index in [1.54, 1.807) is 13.2 Å². The smallest absolute Gasteiger partial charge is 0.124 e. The van der Waals surface area contributed by atoms with Crippen molar-refractivity contribution in [1.29, 1.82) is 0 Å². The molecule has 0 spiro atoms. The van der Waals surface area contributed by atoms with Crippen molar-refractivity contribution in [3.05, 3.63) is 58.1 Å². The van der Waals surface area contributed by atoms with Gasteiger partial charge in [-0.2, -0.15) is 0 Å². The largest absolute Gasteiger partial charge is 0.508 e. The van der Waals surface area contributed by atoms with Crippen LogP contribution in [0.4, 0.5) is 0 Å². The molecular formula is C21H29NO2. The SMILES string of the molecule is CC.COc1c(C)cc(CC2NCCc3cc(O)ccc32)cc1C. The first-order chi connectivity index (χ1) is 11.6. The van der Waals surface area contributed by atoms with Crippen LogP contribution in [0.15, 0.2) is 30.3 Å². The summed E-state index contributed by atoms with van der Waals surface area (Å²) in [6.45, 7) is 9.14. The maximum absolute atomic E-state index is 9.66. The van der Waals surface area contributed by atoms with Gasteiger partial charge in [-0.3, -0.25) is 0 Å². The van der Waals surface area contributed by atoms with Gasteiger partial charge in [0.15, 0.2) is 0 Å². The number of phenolic OH excluding ortho intramolecular Hbond substituents is 1. The Hall–Kier alpha value is -2.00. The van der Waals surface area contributed by atoms with Gasteiger partial charge in [-0.15, -0.1) is 0 Å². The molecule has 0 aromatic heterocycles.